The number of hydrogen-bond acceptors (Lipinski definition) is 3. The molecule has 0 aromatic heterocycles. The van der Waals surface area contributed by atoms with Gasteiger partial charge in [-0.25, -0.2) is 0 Å². The molecule has 0 aliphatic carbocycles. The quantitative estimate of drug-likeness (QED) is 0.855. The summed E-state index contributed by atoms with van der Waals surface area (Å²) in [5.41, 5.74) is 0.791. The predicted octanol–water partition coefficient (Wildman–Crippen LogP) is 3.33. The summed E-state index contributed by atoms with van der Waals surface area (Å²) in [6, 6.07) is 5.80. The van der Waals surface area contributed by atoms with Gasteiger partial charge in [0.2, 0.25) is 0 Å². The van der Waals surface area contributed by atoms with Gasteiger partial charge in [0.25, 0.3) is 5.91 Å². The van der Waals surface area contributed by atoms with Crippen LogP contribution in [0.5, 0.6) is 5.75 Å². The van der Waals surface area contributed by atoms with Crippen molar-refractivity contribution in [2.75, 3.05) is 24.5 Å². The Kier molecular flexibility index (Phi) is 4.59. The van der Waals surface area contributed by atoms with Crippen molar-refractivity contribution in [1.29, 1.82) is 0 Å². The molecule has 2 aliphatic heterocycles. The smallest absolute Gasteiger partial charge is 0.267 e. The van der Waals surface area contributed by atoms with Gasteiger partial charge in [0.1, 0.15) is 5.75 Å². The third-order valence-corrected chi connectivity index (χ3v) is 4.83. The highest BCUT2D eigenvalue weighted by molar-refractivity contribution is 6.31. The third-order valence-electron chi connectivity index (χ3n) is 4.59. The van der Waals surface area contributed by atoms with Crippen molar-refractivity contribution in [3.63, 3.8) is 0 Å². The molecule has 0 saturated carbocycles. The summed E-state index contributed by atoms with van der Waals surface area (Å²) in [5, 5.41) is 0.625. The third kappa shape index (κ3) is 3.08. The van der Waals surface area contributed by atoms with Crippen LogP contribution in [0.4, 0.5) is 5.69 Å². The van der Waals surface area contributed by atoms with Gasteiger partial charge in [-0.1, -0.05) is 18.0 Å². The maximum absolute atomic E-state index is 12.6. The lowest BCUT2D eigenvalue weighted by atomic mass is 10.1. The Morgan fingerprint density at radius 2 is 2.05 bits per heavy atom. The second-order valence-electron chi connectivity index (χ2n) is 6.27. The monoisotopic (exact) mass is 322 g/mol. The summed E-state index contributed by atoms with van der Waals surface area (Å²) >= 11 is 6.11. The number of anilines is 1. The van der Waals surface area contributed by atoms with Crippen LogP contribution in [0.15, 0.2) is 18.2 Å². The summed E-state index contributed by atoms with van der Waals surface area (Å²) < 4.78 is 5.69. The van der Waals surface area contributed by atoms with Crippen LogP contribution in [0, 0.1) is 0 Å². The highest BCUT2D eigenvalue weighted by Gasteiger charge is 2.33. The maximum Gasteiger partial charge on any atom is 0.267 e. The molecule has 2 heterocycles. The van der Waals surface area contributed by atoms with Crippen LogP contribution in [-0.4, -0.2) is 42.6 Å². The molecule has 0 bridgehead atoms. The first-order valence-electron chi connectivity index (χ1n) is 8.08. The van der Waals surface area contributed by atoms with E-state index in [-0.39, 0.29) is 5.91 Å². The number of hydrogen-bond donors (Lipinski definition) is 0. The number of benzene rings is 1. The van der Waals surface area contributed by atoms with E-state index in [1.54, 1.807) is 13.0 Å². The average Bonchev–Trinajstić information content (AvgIpc) is 2.53. The minimum absolute atomic E-state index is 0.0126. The van der Waals surface area contributed by atoms with E-state index in [9.17, 15) is 4.79 Å². The van der Waals surface area contributed by atoms with Crippen molar-refractivity contribution in [3.8, 4) is 5.75 Å². The van der Waals surface area contributed by atoms with Gasteiger partial charge in [-0.15, -0.1) is 0 Å². The van der Waals surface area contributed by atoms with Crippen LogP contribution < -0.4 is 9.64 Å². The van der Waals surface area contributed by atoms with Gasteiger partial charge in [-0.05, 0) is 58.0 Å². The van der Waals surface area contributed by atoms with Gasteiger partial charge in [0.15, 0.2) is 6.10 Å². The van der Waals surface area contributed by atoms with Crippen LogP contribution in [0.1, 0.15) is 33.1 Å². The van der Waals surface area contributed by atoms with E-state index in [0.29, 0.717) is 17.6 Å². The minimum Gasteiger partial charge on any atom is -0.479 e. The topological polar surface area (TPSA) is 32.8 Å². The van der Waals surface area contributed by atoms with E-state index in [1.807, 2.05) is 17.0 Å². The molecule has 0 spiro atoms. The van der Waals surface area contributed by atoms with Crippen LogP contribution in [0.2, 0.25) is 5.02 Å². The number of piperidine rings is 1. The van der Waals surface area contributed by atoms with Crippen LogP contribution in [0.25, 0.3) is 0 Å². The standard InChI is InChI=1S/C17H23ClN2O2/c1-12(19-8-4-3-5-9-19)11-20-15-10-14(18)6-7-16(15)22-13(2)17(20)21/h6-7,10,12-13H,3-5,8-9,11H2,1-2H3. The fourth-order valence-electron chi connectivity index (χ4n) is 3.31. The summed E-state index contributed by atoms with van der Waals surface area (Å²) in [4.78, 5) is 16.9. The largest absolute Gasteiger partial charge is 0.479 e. The van der Waals surface area contributed by atoms with Crippen LogP contribution in [0.3, 0.4) is 0 Å². The van der Waals surface area contributed by atoms with Gasteiger partial charge in [-0.2, -0.15) is 0 Å². The lowest BCUT2D eigenvalue weighted by molar-refractivity contribution is -0.125. The second-order valence-corrected chi connectivity index (χ2v) is 6.70. The SMILES string of the molecule is CC1Oc2ccc(Cl)cc2N(CC(C)N2CCCCC2)C1=O. The zero-order chi connectivity index (χ0) is 15.7. The molecule has 1 aromatic carbocycles. The molecule has 3 rings (SSSR count). The molecule has 2 unspecified atom stereocenters. The van der Waals surface area contributed by atoms with Gasteiger partial charge in [0.05, 0.1) is 5.69 Å². The van der Waals surface area contributed by atoms with Gasteiger partial charge < -0.3 is 9.64 Å². The normalized spacial score (nSPS) is 23.9. The number of carbonyl (C=O) groups excluding carboxylic acids is 1. The van der Waals surface area contributed by atoms with E-state index >= 15 is 0 Å². The maximum atomic E-state index is 12.6. The predicted molar refractivity (Wildman–Crippen MR) is 88.8 cm³/mol. The molecule has 2 aliphatic rings. The molecule has 1 saturated heterocycles. The summed E-state index contributed by atoms with van der Waals surface area (Å²) in [5.74, 6) is 0.751. The number of amides is 1. The highest BCUT2D eigenvalue weighted by Crippen LogP contribution is 2.36. The van der Waals surface area contributed by atoms with Crippen LogP contribution >= 0.6 is 11.6 Å². The Balaban J connectivity index is 1.82. The molecule has 4 nitrogen and oxygen atoms in total. The van der Waals surface area contributed by atoms with E-state index in [0.717, 1.165) is 24.5 Å². The lowest BCUT2D eigenvalue weighted by Crippen LogP contribution is -2.51. The van der Waals surface area contributed by atoms with E-state index in [2.05, 4.69) is 11.8 Å². The zero-order valence-electron chi connectivity index (χ0n) is 13.2. The average molecular weight is 323 g/mol. The Morgan fingerprint density at radius 1 is 1.32 bits per heavy atom. The van der Waals surface area contributed by atoms with Crippen molar-refractivity contribution in [1.82, 2.24) is 4.90 Å². The summed E-state index contributed by atoms with van der Waals surface area (Å²) in [6.45, 7) is 6.93. The Hall–Kier alpha value is -1.26. The highest BCUT2D eigenvalue weighted by atomic mass is 35.5. The fraction of sp³-hybridized carbons (Fsp3) is 0.588. The number of likely N-dealkylation sites (tertiary alicyclic amines) is 1. The Labute approximate surface area is 137 Å². The van der Waals surface area contributed by atoms with Crippen molar-refractivity contribution < 1.29 is 9.53 Å². The summed E-state index contributed by atoms with van der Waals surface area (Å²) in [7, 11) is 0. The molecule has 5 heteroatoms. The molecule has 0 N–H and O–H groups in total. The number of carbonyl (C=O) groups is 1. The number of rotatable bonds is 3. The first-order valence-corrected chi connectivity index (χ1v) is 8.45. The van der Waals surface area contributed by atoms with E-state index in [1.165, 1.54) is 19.3 Å². The molecular weight excluding hydrogens is 300 g/mol. The first-order chi connectivity index (χ1) is 10.6. The van der Waals surface area contributed by atoms with Crippen molar-refractivity contribution in [3.05, 3.63) is 23.2 Å². The number of ether oxygens (including phenoxy) is 1. The van der Waals surface area contributed by atoms with Crippen LogP contribution in [-0.2, 0) is 4.79 Å². The molecule has 120 valence electrons. The summed E-state index contributed by atoms with van der Waals surface area (Å²) in [6.07, 6.45) is 3.37. The number of fused-ring (bicyclic) bond motifs is 1. The second kappa shape index (κ2) is 6.47. The van der Waals surface area contributed by atoms with Crippen molar-refractivity contribution in [2.24, 2.45) is 0 Å². The molecule has 1 aromatic rings. The van der Waals surface area contributed by atoms with E-state index in [4.69, 9.17) is 16.3 Å². The molecule has 2 atom stereocenters. The first kappa shape index (κ1) is 15.6. The minimum atomic E-state index is -0.442. The van der Waals surface area contributed by atoms with E-state index < -0.39 is 6.10 Å². The molecule has 0 radical (unpaired) electrons. The van der Waals surface area contributed by atoms with Gasteiger partial charge in [0, 0.05) is 17.6 Å². The van der Waals surface area contributed by atoms with Gasteiger partial charge in [-0.3, -0.25) is 9.69 Å². The molecule has 22 heavy (non-hydrogen) atoms. The number of halogens is 1. The lowest BCUT2D eigenvalue weighted by Gasteiger charge is -2.38. The fourth-order valence-corrected chi connectivity index (χ4v) is 3.47. The molecule has 1 fully saturated rings. The number of nitrogens with zero attached hydrogens (tertiary/aromatic N) is 2. The van der Waals surface area contributed by atoms with Gasteiger partial charge >= 0.3 is 0 Å². The molecule has 1 amide bonds. The van der Waals surface area contributed by atoms with Crippen molar-refractivity contribution >= 4 is 23.2 Å². The van der Waals surface area contributed by atoms with Crippen molar-refractivity contribution in [2.45, 2.75) is 45.3 Å². The Bertz CT molecular complexity index is 558. The Morgan fingerprint density at radius 3 is 2.77 bits per heavy atom. The molecular formula is C17H23ClN2O2. The zero-order valence-corrected chi connectivity index (χ0v) is 14.0.